The van der Waals surface area contributed by atoms with Crippen molar-refractivity contribution < 1.29 is 0 Å². The maximum absolute atomic E-state index is 4.39. The number of aryl methyl sites for hydroxylation is 1. The molecule has 0 radical (unpaired) electrons. The van der Waals surface area contributed by atoms with Gasteiger partial charge in [-0.25, -0.2) is 4.98 Å². The lowest BCUT2D eigenvalue weighted by Crippen LogP contribution is -2.36. The summed E-state index contributed by atoms with van der Waals surface area (Å²) in [5, 5.41) is 8.45. The Balaban J connectivity index is 1.69. The highest BCUT2D eigenvalue weighted by molar-refractivity contribution is 7.11. The Morgan fingerprint density at radius 3 is 3.17 bits per heavy atom. The number of hydrogen-bond donors (Lipinski definition) is 2. The molecule has 0 aromatic carbocycles. The van der Waals surface area contributed by atoms with E-state index in [-0.39, 0.29) is 0 Å². The molecule has 0 aliphatic carbocycles. The third-order valence-electron chi connectivity index (χ3n) is 3.57. The lowest BCUT2D eigenvalue weighted by molar-refractivity contribution is 0.402. The van der Waals surface area contributed by atoms with Gasteiger partial charge in [0, 0.05) is 29.7 Å². The summed E-state index contributed by atoms with van der Waals surface area (Å²) < 4.78 is 0. The van der Waals surface area contributed by atoms with Crippen molar-refractivity contribution >= 4 is 11.3 Å². The highest BCUT2D eigenvalue weighted by Gasteiger charge is 2.14. The second-order valence-corrected chi connectivity index (χ2v) is 6.70. The predicted octanol–water partition coefficient (Wildman–Crippen LogP) is 2.85. The van der Waals surface area contributed by atoms with Crippen LogP contribution in [0.5, 0.6) is 0 Å². The molecule has 1 aromatic rings. The van der Waals surface area contributed by atoms with Gasteiger partial charge in [-0.1, -0.05) is 12.8 Å². The van der Waals surface area contributed by atoms with Crippen LogP contribution in [0.15, 0.2) is 6.20 Å². The van der Waals surface area contributed by atoms with Crippen LogP contribution < -0.4 is 10.6 Å². The van der Waals surface area contributed by atoms with E-state index in [1.807, 2.05) is 6.20 Å². The van der Waals surface area contributed by atoms with E-state index in [0.717, 1.165) is 6.54 Å². The second kappa shape index (κ2) is 7.22. The summed E-state index contributed by atoms with van der Waals surface area (Å²) in [5.41, 5.74) is 0. The Hall–Kier alpha value is -0.450. The first-order chi connectivity index (χ1) is 8.74. The maximum Gasteiger partial charge on any atom is 0.107 e. The summed E-state index contributed by atoms with van der Waals surface area (Å²) >= 11 is 1.79. The molecule has 1 saturated heterocycles. The monoisotopic (exact) mass is 267 g/mol. The Morgan fingerprint density at radius 1 is 1.50 bits per heavy atom. The van der Waals surface area contributed by atoms with Gasteiger partial charge in [0.2, 0.25) is 0 Å². The van der Waals surface area contributed by atoms with Crippen LogP contribution >= 0.6 is 11.3 Å². The normalized spacial score (nSPS) is 22.7. The fourth-order valence-corrected chi connectivity index (χ4v) is 3.29. The van der Waals surface area contributed by atoms with Crippen LogP contribution in [0.1, 0.15) is 48.9 Å². The maximum atomic E-state index is 4.39. The average molecular weight is 267 g/mol. The Morgan fingerprint density at radius 2 is 2.39 bits per heavy atom. The number of nitrogens with one attached hydrogen (secondary N) is 2. The second-order valence-electron chi connectivity index (χ2n) is 5.38. The minimum atomic E-state index is 0.560. The van der Waals surface area contributed by atoms with E-state index < -0.39 is 0 Å². The van der Waals surface area contributed by atoms with Gasteiger partial charge in [-0.3, -0.25) is 0 Å². The van der Waals surface area contributed by atoms with E-state index in [0.29, 0.717) is 12.1 Å². The first kappa shape index (κ1) is 14.0. The van der Waals surface area contributed by atoms with Crippen molar-refractivity contribution in [2.24, 2.45) is 0 Å². The van der Waals surface area contributed by atoms with Crippen molar-refractivity contribution in [2.75, 3.05) is 6.54 Å². The largest absolute Gasteiger partial charge is 0.314 e. The highest BCUT2D eigenvalue weighted by Crippen LogP contribution is 2.14. The van der Waals surface area contributed by atoms with Gasteiger partial charge in [-0.2, -0.15) is 0 Å². The zero-order valence-corrected chi connectivity index (χ0v) is 12.4. The summed E-state index contributed by atoms with van der Waals surface area (Å²) in [6.45, 7) is 6.50. The van der Waals surface area contributed by atoms with Crippen LogP contribution in [0, 0.1) is 6.92 Å². The molecule has 0 amide bonds. The van der Waals surface area contributed by atoms with Crippen molar-refractivity contribution in [3.05, 3.63) is 16.1 Å². The number of nitrogens with zero attached hydrogens (tertiary/aromatic N) is 1. The molecule has 18 heavy (non-hydrogen) atoms. The smallest absolute Gasteiger partial charge is 0.107 e. The van der Waals surface area contributed by atoms with Crippen molar-refractivity contribution in [3.8, 4) is 0 Å². The Bertz CT molecular complexity index is 343. The quantitative estimate of drug-likeness (QED) is 0.861. The lowest BCUT2D eigenvalue weighted by atomic mass is 10.0. The molecular formula is C14H25N3S. The van der Waals surface area contributed by atoms with Gasteiger partial charge in [0.05, 0.1) is 0 Å². The summed E-state index contributed by atoms with van der Waals surface area (Å²) in [4.78, 5) is 5.69. The molecule has 4 heteroatoms. The molecule has 1 aromatic heterocycles. The molecule has 1 aliphatic heterocycles. The van der Waals surface area contributed by atoms with E-state index in [1.165, 1.54) is 48.5 Å². The minimum Gasteiger partial charge on any atom is -0.314 e. The van der Waals surface area contributed by atoms with Crippen LogP contribution in [0.3, 0.4) is 0 Å². The van der Waals surface area contributed by atoms with E-state index in [4.69, 9.17) is 0 Å². The molecule has 3 nitrogen and oxygen atoms in total. The molecule has 0 bridgehead atoms. The SMILES string of the molecule is Cc1cnc(CNC(C)CC2CCCCCN2)s1. The van der Waals surface area contributed by atoms with Gasteiger partial charge < -0.3 is 10.6 Å². The lowest BCUT2D eigenvalue weighted by Gasteiger charge is -2.21. The summed E-state index contributed by atoms with van der Waals surface area (Å²) in [5.74, 6) is 0. The van der Waals surface area contributed by atoms with E-state index in [9.17, 15) is 0 Å². The standard InChI is InChI=1S/C14H25N3S/c1-11(8-13-6-4-3-5-7-15-13)16-10-14-17-9-12(2)18-14/h9,11,13,15-16H,3-8,10H2,1-2H3. The van der Waals surface area contributed by atoms with Crippen molar-refractivity contribution in [1.29, 1.82) is 0 Å². The number of thiazole rings is 1. The Kier molecular flexibility index (Phi) is 5.60. The molecular weight excluding hydrogens is 242 g/mol. The minimum absolute atomic E-state index is 0.560. The molecule has 2 heterocycles. The van der Waals surface area contributed by atoms with Gasteiger partial charge in [0.15, 0.2) is 0 Å². The number of aromatic nitrogens is 1. The van der Waals surface area contributed by atoms with Crippen LogP contribution in [0.4, 0.5) is 0 Å². The zero-order valence-electron chi connectivity index (χ0n) is 11.5. The molecule has 0 spiro atoms. The van der Waals surface area contributed by atoms with E-state index in [1.54, 1.807) is 11.3 Å². The van der Waals surface area contributed by atoms with Crippen LogP contribution in [0.2, 0.25) is 0 Å². The fraction of sp³-hybridized carbons (Fsp3) is 0.786. The van der Waals surface area contributed by atoms with Crippen LogP contribution in [-0.4, -0.2) is 23.6 Å². The zero-order chi connectivity index (χ0) is 12.8. The first-order valence-corrected chi connectivity index (χ1v) is 7.94. The Labute approximate surface area is 114 Å². The van der Waals surface area contributed by atoms with E-state index >= 15 is 0 Å². The van der Waals surface area contributed by atoms with Crippen molar-refractivity contribution in [2.45, 2.75) is 64.6 Å². The molecule has 1 aliphatic rings. The third-order valence-corrected chi connectivity index (χ3v) is 4.48. The topological polar surface area (TPSA) is 37.0 Å². The summed E-state index contributed by atoms with van der Waals surface area (Å²) in [6, 6.07) is 1.26. The molecule has 2 N–H and O–H groups in total. The van der Waals surface area contributed by atoms with Crippen LogP contribution in [0.25, 0.3) is 0 Å². The molecule has 0 saturated carbocycles. The molecule has 2 rings (SSSR count). The van der Waals surface area contributed by atoms with Gasteiger partial charge >= 0.3 is 0 Å². The summed E-state index contributed by atoms with van der Waals surface area (Å²) in [7, 11) is 0. The van der Waals surface area contributed by atoms with Gasteiger partial charge in [-0.15, -0.1) is 11.3 Å². The molecule has 2 atom stereocenters. The van der Waals surface area contributed by atoms with Crippen LogP contribution in [-0.2, 0) is 6.54 Å². The average Bonchev–Trinajstić information content (AvgIpc) is 2.60. The molecule has 2 unspecified atom stereocenters. The van der Waals surface area contributed by atoms with Gasteiger partial charge in [0.1, 0.15) is 5.01 Å². The number of hydrogen-bond acceptors (Lipinski definition) is 4. The fourth-order valence-electron chi connectivity index (χ4n) is 2.56. The number of rotatable bonds is 5. The van der Waals surface area contributed by atoms with Crippen molar-refractivity contribution in [1.82, 2.24) is 15.6 Å². The third kappa shape index (κ3) is 4.67. The van der Waals surface area contributed by atoms with Gasteiger partial charge in [-0.05, 0) is 39.7 Å². The molecule has 1 fully saturated rings. The van der Waals surface area contributed by atoms with E-state index in [2.05, 4.69) is 29.5 Å². The highest BCUT2D eigenvalue weighted by atomic mass is 32.1. The first-order valence-electron chi connectivity index (χ1n) is 7.12. The van der Waals surface area contributed by atoms with Gasteiger partial charge in [0.25, 0.3) is 0 Å². The predicted molar refractivity (Wildman–Crippen MR) is 78.0 cm³/mol. The molecule has 102 valence electrons. The summed E-state index contributed by atoms with van der Waals surface area (Å²) in [6.07, 6.45) is 8.64. The van der Waals surface area contributed by atoms with Crippen molar-refractivity contribution in [3.63, 3.8) is 0 Å².